The second kappa shape index (κ2) is 7.28. The summed E-state index contributed by atoms with van der Waals surface area (Å²) in [7, 11) is 0. The fourth-order valence-electron chi connectivity index (χ4n) is 3.78. The number of hydrogen-bond acceptors (Lipinski definition) is 4. The van der Waals surface area contributed by atoms with E-state index in [0.717, 1.165) is 56.1 Å². The average Bonchev–Trinajstić information content (AvgIpc) is 3.02. The SMILES string of the molecule is CCc1cc(NC2CCN(C(=O)C3CCCCC3)C2)nc(C)n1. The van der Waals surface area contributed by atoms with Crippen LogP contribution in [0.4, 0.5) is 5.82 Å². The van der Waals surface area contributed by atoms with Crippen LogP contribution in [-0.2, 0) is 11.2 Å². The smallest absolute Gasteiger partial charge is 0.225 e. The summed E-state index contributed by atoms with van der Waals surface area (Å²) in [6, 6.07) is 2.33. The molecule has 2 fully saturated rings. The third kappa shape index (κ3) is 4.01. The zero-order chi connectivity index (χ0) is 16.2. The number of likely N-dealkylation sites (tertiary alicyclic amines) is 1. The molecule has 5 nitrogen and oxygen atoms in total. The Morgan fingerprint density at radius 2 is 2.04 bits per heavy atom. The predicted octanol–water partition coefficient (Wildman–Crippen LogP) is 2.94. The van der Waals surface area contributed by atoms with E-state index in [-0.39, 0.29) is 5.92 Å². The Morgan fingerprint density at radius 1 is 1.26 bits per heavy atom. The van der Waals surface area contributed by atoms with Gasteiger partial charge in [-0.15, -0.1) is 0 Å². The fourth-order valence-corrected chi connectivity index (χ4v) is 3.78. The zero-order valence-electron chi connectivity index (χ0n) is 14.3. The minimum absolute atomic E-state index is 0.274. The molecule has 1 aromatic rings. The predicted molar refractivity (Wildman–Crippen MR) is 91.3 cm³/mol. The van der Waals surface area contributed by atoms with Crippen LogP contribution < -0.4 is 5.32 Å². The van der Waals surface area contributed by atoms with Crippen molar-refractivity contribution < 1.29 is 4.79 Å². The third-order valence-corrected chi connectivity index (χ3v) is 5.06. The molecule has 2 aliphatic rings. The van der Waals surface area contributed by atoms with Gasteiger partial charge in [-0.1, -0.05) is 26.2 Å². The number of rotatable bonds is 4. The Morgan fingerprint density at radius 3 is 2.78 bits per heavy atom. The number of anilines is 1. The number of nitrogens with zero attached hydrogens (tertiary/aromatic N) is 3. The van der Waals surface area contributed by atoms with Crippen LogP contribution >= 0.6 is 0 Å². The van der Waals surface area contributed by atoms with Crippen molar-refractivity contribution in [2.75, 3.05) is 18.4 Å². The topological polar surface area (TPSA) is 58.1 Å². The number of nitrogens with one attached hydrogen (secondary N) is 1. The highest BCUT2D eigenvalue weighted by atomic mass is 16.2. The third-order valence-electron chi connectivity index (χ3n) is 5.06. The highest BCUT2D eigenvalue weighted by molar-refractivity contribution is 5.79. The zero-order valence-corrected chi connectivity index (χ0v) is 14.3. The molecule has 1 aliphatic heterocycles. The van der Waals surface area contributed by atoms with Gasteiger partial charge in [-0.25, -0.2) is 9.97 Å². The fraction of sp³-hybridized carbons (Fsp3) is 0.722. The minimum atomic E-state index is 0.274. The van der Waals surface area contributed by atoms with Crippen molar-refractivity contribution in [2.24, 2.45) is 5.92 Å². The number of amides is 1. The lowest BCUT2D eigenvalue weighted by molar-refractivity contribution is -0.135. The summed E-state index contributed by atoms with van der Waals surface area (Å²) in [5.74, 6) is 2.35. The van der Waals surface area contributed by atoms with Gasteiger partial charge in [0, 0.05) is 36.8 Å². The summed E-state index contributed by atoms with van der Waals surface area (Å²) >= 11 is 0. The molecule has 1 saturated heterocycles. The maximum atomic E-state index is 12.6. The second-order valence-electron chi connectivity index (χ2n) is 6.89. The first-order valence-corrected chi connectivity index (χ1v) is 9.05. The van der Waals surface area contributed by atoms with Gasteiger partial charge in [-0.3, -0.25) is 4.79 Å². The second-order valence-corrected chi connectivity index (χ2v) is 6.89. The van der Waals surface area contributed by atoms with Gasteiger partial charge in [-0.2, -0.15) is 0 Å². The number of aryl methyl sites for hydroxylation is 2. The molecule has 23 heavy (non-hydrogen) atoms. The summed E-state index contributed by atoms with van der Waals surface area (Å²) in [5, 5.41) is 3.50. The molecule has 1 saturated carbocycles. The molecule has 0 radical (unpaired) electrons. The van der Waals surface area contributed by atoms with Crippen LogP contribution in [-0.4, -0.2) is 39.9 Å². The lowest BCUT2D eigenvalue weighted by Crippen LogP contribution is -2.37. The molecule has 1 aromatic heterocycles. The molecule has 1 aliphatic carbocycles. The van der Waals surface area contributed by atoms with Crippen molar-refractivity contribution in [3.05, 3.63) is 17.6 Å². The molecule has 0 bridgehead atoms. The van der Waals surface area contributed by atoms with Crippen molar-refractivity contribution in [1.82, 2.24) is 14.9 Å². The Bertz CT molecular complexity index is 554. The summed E-state index contributed by atoms with van der Waals surface area (Å²) in [6.07, 6.45) is 7.80. The van der Waals surface area contributed by atoms with Crippen LogP contribution in [0.1, 0.15) is 57.0 Å². The maximum Gasteiger partial charge on any atom is 0.225 e. The van der Waals surface area contributed by atoms with Gasteiger partial charge in [0.25, 0.3) is 0 Å². The summed E-state index contributed by atoms with van der Waals surface area (Å²) in [5.41, 5.74) is 1.06. The standard InChI is InChI=1S/C18H28N4O/c1-3-15-11-17(20-13(2)19-15)21-16-9-10-22(12-16)18(23)14-7-5-4-6-8-14/h11,14,16H,3-10,12H2,1-2H3,(H,19,20,21). The number of aromatic nitrogens is 2. The van der Waals surface area contributed by atoms with Crippen molar-refractivity contribution in [1.29, 1.82) is 0 Å². The number of hydrogen-bond donors (Lipinski definition) is 1. The van der Waals surface area contributed by atoms with Gasteiger partial charge < -0.3 is 10.2 Å². The van der Waals surface area contributed by atoms with Crippen LogP contribution in [0.25, 0.3) is 0 Å². The van der Waals surface area contributed by atoms with E-state index in [4.69, 9.17) is 0 Å². The monoisotopic (exact) mass is 316 g/mol. The van der Waals surface area contributed by atoms with Crippen LogP contribution in [0.2, 0.25) is 0 Å². The Kier molecular flexibility index (Phi) is 5.13. The number of carbonyl (C=O) groups excluding carboxylic acids is 1. The summed E-state index contributed by atoms with van der Waals surface area (Å²) in [4.78, 5) is 23.6. The lowest BCUT2D eigenvalue weighted by atomic mass is 9.88. The van der Waals surface area contributed by atoms with Gasteiger partial charge >= 0.3 is 0 Å². The molecule has 0 spiro atoms. The van der Waals surface area contributed by atoms with Gasteiger partial charge in [0.05, 0.1) is 0 Å². The highest BCUT2D eigenvalue weighted by Crippen LogP contribution is 2.27. The van der Waals surface area contributed by atoms with E-state index in [1.165, 1.54) is 19.3 Å². The Labute approximate surface area is 138 Å². The molecule has 1 amide bonds. The Balaban J connectivity index is 1.57. The maximum absolute atomic E-state index is 12.6. The molecule has 0 aromatic carbocycles. The lowest BCUT2D eigenvalue weighted by Gasteiger charge is -2.26. The van der Waals surface area contributed by atoms with E-state index in [9.17, 15) is 4.79 Å². The van der Waals surface area contributed by atoms with Crippen LogP contribution in [0, 0.1) is 12.8 Å². The molecule has 1 unspecified atom stereocenters. The van der Waals surface area contributed by atoms with E-state index in [2.05, 4.69) is 27.1 Å². The average molecular weight is 316 g/mol. The molecule has 1 N–H and O–H groups in total. The molecule has 3 rings (SSSR count). The van der Waals surface area contributed by atoms with Crippen molar-refractivity contribution >= 4 is 11.7 Å². The Hall–Kier alpha value is -1.65. The van der Waals surface area contributed by atoms with Crippen LogP contribution in [0.15, 0.2) is 6.07 Å². The van der Waals surface area contributed by atoms with Crippen molar-refractivity contribution in [3.8, 4) is 0 Å². The van der Waals surface area contributed by atoms with E-state index >= 15 is 0 Å². The van der Waals surface area contributed by atoms with E-state index in [1.807, 2.05) is 13.0 Å². The van der Waals surface area contributed by atoms with Gasteiger partial charge in [-0.05, 0) is 32.6 Å². The molecule has 1 atom stereocenters. The van der Waals surface area contributed by atoms with Crippen molar-refractivity contribution in [3.63, 3.8) is 0 Å². The van der Waals surface area contributed by atoms with E-state index < -0.39 is 0 Å². The normalized spacial score (nSPS) is 22.3. The van der Waals surface area contributed by atoms with Crippen LogP contribution in [0.5, 0.6) is 0 Å². The number of carbonyl (C=O) groups is 1. The highest BCUT2D eigenvalue weighted by Gasteiger charge is 2.31. The molecular formula is C18H28N4O. The van der Waals surface area contributed by atoms with Crippen molar-refractivity contribution in [2.45, 2.75) is 64.8 Å². The largest absolute Gasteiger partial charge is 0.365 e. The molecule has 126 valence electrons. The first kappa shape index (κ1) is 16.2. The minimum Gasteiger partial charge on any atom is -0.365 e. The molecule has 2 heterocycles. The van der Waals surface area contributed by atoms with Crippen LogP contribution in [0.3, 0.4) is 0 Å². The first-order chi connectivity index (χ1) is 11.2. The van der Waals surface area contributed by atoms with E-state index in [0.29, 0.717) is 11.9 Å². The summed E-state index contributed by atoms with van der Waals surface area (Å²) in [6.45, 7) is 5.71. The van der Waals surface area contributed by atoms with Gasteiger partial charge in [0.15, 0.2) is 0 Å². The summed E-state index contributed by atoms with van der Waals surface area (Å²) < 4.78 is 0. The van der Waals surface area contributed by atoms with Gasteiger partial charge in [0.2, 0.25) is 5.91 Å². The molecular weight excluding hydrogens is 288 g/mol. The van der Waals surface area contributed by atoms with E-state index in [1.54, 1.807) is 0 Å². The van der Waals surface area contributed by atoms with Gasteiger partial charge in [0.1, 0.15) is 11.6 Å². The quantitative estimate of drug-likeness (QED) is 0.928. The first-order valence-electron chi connectivity index (χ1n) is 9.05. The molecule has 5 heteroatoms.